The van der Waals surface area contributed by atoms with Crippen LogP contribution in [0.25, 0.3) is 0 Å². The minimum absolute atomic E-state index is 0.573. The highest BCUT2D eigenvalue weighted by Crippen LogP contribution is 2.25. The van der Waals surface area contributed by atoms with Crippen molar-refractivity contribution in [1.29, 1.82) is 0 Å². The van der Waals surface area contributed by atoms with Crippen LogP contribution in [0.5, 0.6) is 0 Å². The lowest BCUT2D eigenvalue weighted by Crippen LogP contribution is -2.53. The summed E-state index contributed by atoms with van der Waals surface area (Å²) >= 11 is 6.38. The maximum atomic E-state index is 10.4. The Labute approximate surface area is 156 Å². The molecule has 0 unspecified atom stereocenters. The van der Waals surface area contributed by atoms with Crippen LogP contribution in [-0.2, 0) is 11.2 Å². The Kier molecular flexibility index (Phi) is 6.93. The van der Waals surface area contributed by atoms with Crippen molar-refractivity contribution in [2.75, 3.05) is 13.1 Å². The predicted molar refractivity (Wildman–Crippen MR) is 103 cm³/mol. The van der Waals surface area contributed by atoms with Gasteiger partial charge in [-0.1, -0.05) is 30.2 Å². The standard InChI is InChI=1S/C18H30BClN2O3/c1-17(2,23)18(3,4)25-19(24)15-9-8-14(16(20)12-15)13-21-22-10-6-5-7-11-22/h8-9,12,21,23-24H,5-7,10-11,13H2,1-4H3. The first kappa shape index (κ1) is 20.7. The summed E-state index contributed by atoms with van der Waals surface area (Å²) in [4.78, 5) is 0. The summed E-state index contributed by atoms with van der Waals surface area (Å²) in [5, 5.41) is 23.3. The zero-order valence-electron chi connectivity index (χ0n) is 15.7. The Hall–Kier alpha value is -0.625. The molecule has 2 rings (SSSR count). The summed E-state index contributed by atoms with van der Waals surface area (Å²) in [6.07, 6.45) is 3.74. The van der Waals surface area contributed by atoms with E-state index < -0.39 is 18.3 Å². The molecule has 25 heavy (non-hydrogen) atoms. The van der Waals surface area contributed by atoms with Crippen LogP contribution in [0.1, 0.15) is 52.5 Å². The van der Waals surface area contributed by atoms with Crippen molar-refractivity contribution < 1.29 is 14.8 Å². The lowest BCUT2D eigenvalue weighted by Gasteiger charge is -2.38. The maximum absolute atomic E-state index is 10.4. The number of nitrogens with one attached hydrogen (secondary N) is 1. The van der Waals surface area contributed by atoms with Gasteiger partial charge >= 0.3 is 7.12 Å². The van der Waals surface area contributed by atoms with E-state index in [0.29, 0.717) is 17.0 Å². The second-order valence-corrected chi connectivity index (χ2v) is 8.18. The van der Waals surface area contributed by atoms with Crippen LogP contribution in [0.3, 0.4) is 0 Å². The predicted octanol–water partition coefficient (Wildman–Crippen LogP) is 2.08. The number of rotatable bonds is 7. The molecule has 1 heterocycles. The van der Waals surface area contributed by atoms with Crippen molar-refractivity contribution >= 4 is 24.2 Å². The normalized spacial score (nSPS) is 16.9. The molecule has 0 aliphatic carbocycles. The van der Waals surface area contributed by atoms with E-state index in [0.717, 1.165) is 18.7 Å². The first-order chi connectivity index (χ1) is 11.6. The van der Waals surface area contributed by atoms with Gasteiger partial charge in [-0.25, -0.2) is 5.01 Å². The molecule has 1 saturated heterocycles. The van der Waals surface area contributed by atoms with Gasteiger partial charge in [0.2, 0.25) is 0 Å². The second kappa shape index (κ2) is 8.38. The lowest BCUT2D eigenvalue weighted by molar-refractivity contribution is -0.0982. The van der Waals surface area contributed by atoms with Crippen molar-refractivity contribution in [1.82, 2.24) is 10.4 Å². The van der Waals surface area contributed by atoms with Crippen molar-refractivity contribution in [2.45, 2.75) is 64.7 Å². The summed E-state index contributed by atoms with van der Waals surface area (Å²) in [5.74, 6) is 0. The summed E-state index contributed by atoms with van der Waals surface area (Å²) in [5.41, 5.74) is 2.96. The lowest BCUT2D eigenvalue weighted by atomic mass is 9.76. The smallest absolute Gasteiger partial charge is 0.423 e. The fraction of sp³-hybridized carbons (Fsp3) is 0.667. The van der Waals surface area contributed by atoms with Crippen LogP contribution in [0.15, 0.2) is 18.2 Å². The van der Waals surface area contributed by atoms with Crippen molar-refractivity contribution in [3.8, 4) is 0 Å². The van der Waals surface area contributed by atoms with Crippen molar-refractivity contribution in [3.05, 3.63) is 28.8 Å². The zero-order chi connectivity index (χ0) is 18.7. The molecular weight excluding hydrogens is 338 g/mol. The molecule has 1 fully saturated rings. The Morgan fingerprint density at radius 1 is 1.20 bits per heavy atom. The first-order valence-electron chi connectivity index (χ1n) is 8.95. The molecule has 1 aromatic rings. The van der Waals surface area contributed by atoms with Gasteiger partial charge in [0.15, 0.2) is 0 Å². The number of hydrogen-bond donors (Lipinski definition) is 3. The monoisotopic (exact) mass is 368 g/mol. The fourth-order valence-corrected chi connectivity index (χ4v) is 2.86. The number of hydrazine groups is 1. The Balaban J connectivity index is 1.98. The molecule has 7 heteroatoms. The Morgan fingerprint density at radius 3 is 2.40 bits per heavy atom. The van der Waals surface area contributed by atoms with Gasteiger partial charge in [0.1, 0.15) is 0 Å². The van der Waals surface area contributed by atoms with E-state index in [-0.39, 0.29) is 0 Å². The first-order valence-corrected chi connectivity index (χ1v) is 9.33. The fourth-order valence-electron chi connectivity index (χ4n) is 2.60. The average molecular weight is 369 g/mol. The van der Waals surface area contributed by atoms with E-state index in [1.165, 1.54) is 19.3 Å². The highest BCUT2D eigenvalue weighted by atomic mass is 35.5. The molecule has 5 nitrogen and oxygen atoms in total. The van der Waals surface area contributed by atoms with Gasteiger partial charge in [-0.3, -0.25) is 5.43 Å². The summed E-state index contributed by atoms with van der Waals surface area (Å²) in [6, 6.07) is 5.43. The topological polar surface area (TPSA) is 65.0 Å². The average Bonchev–Trinajstić information content (AvgIpc) is 2.53. The Bertz CT molecular complexity index is 572. The molecule has 0 amide bonds. The summed E-state index contributed by atoms with van der Waals surface area (Å²) in [7, 11) is -1.15. The minimum Gasteiger partial charge on any atom is -0.423 e. The largest absolute Gasteiger partial charge is 0.491 e. The van der Waals surface area contributed by atoms with Crippen molar-refractivity contribution in [2.24, 2.45) is 0 Å². The molecule has 3 N–H and O–H groups in total. The molecule has 1 aromatic carbocycles. The number of hydrogen-bond acceptors (Lipinski definition) is 5. The summed E-state index contributed by atoms with van der Waals surface area (Å²) < 4.78 is 5.66. The minimum atomic E-state index is -1.15. The third-order valence-corrected chi connectivity index (χ3v) is 5.44. The zero-order valence-corrected chi connectivity index (χ0v) is 16.4. The Morgan fingerprint density at radius 2 is 1.84 bits per heavy atom. The van der Waals surface area contributed by atoms with Gasteiger partial charge < -0.3 is 14.8 Å². The third-order valence-electron chi connectivity index (χ3n) is 5.09. The van der Waals surface area contributed by atoms with Crippen molar-refractivity contribution in [3.63, 3.8) is 0 Å². The van der Waals surface area contributed by atoms with E-state index in [9.17, 15) is 10.1 Å². The van der Waals surface area contributed by atoms with Gasteiger partial charge in [-0.2, -0.15) is 0 Å². The molecule has 1 aliphatic heterocycles. The molecular formula is C18H30BClN2O3. The quantitative estimate of drug-likeness (QED) is 0.643. The maximum Gasteiger partial charge on any atom is 0.491 e. The summed E-state index contributed by atoms with van der Waals surface area (Å²) in [6.45, 7) is 9.58. The van der Waals surface area contributed by atoms with Crippen LogP contribution in [-0.4, -0.2) is 46.5 Å². The highest BCUT2D eigenvalue weighted by molar-refractivity contribution is 6.60. The third kappa shape index (κ3) is 5.68. The number of aliphatic hydroxyl groups is 1. The molecule has 0 bridgehead atoms. The molecule has 0 atom stereocenters. The van der Waals surface area contributed by atoms with E-state index in [1.807, 2.05) is 12.1 Å². The number of halogens is 1. The van der Waals surface area contributed by atoms with Gasteiger partial charge in [0.25, 0.3) is 0 Å². The van der Waals surface area contributed by atoms with Gasteiger partial charge in [0.05, 0.1) is 11.2 Å². The van der Waals surface area contributed by atoms with Gasteiger partial charge in [-0.05, 0) is 57.6 Å². The molecule has 0 radical (unpaired) electrons. The molecule has 0 spiro atoms. The SMILES string of the molecule is CC(C)(O)C(C)(C)OB(O)c1ccc(CNN2CCCCC2)c(Cl)c1. The molecule has 140 valence electrons. The van der Waals surface area contributed by atoms with Crippen LogP contribution in [0, 0.1) is 0 Å². The number of piperidine rings is 1. The molecule has 0 aromatic heterocycles. The number of nitrogens with zero attached hydrogens (tertiary/aromatic N) is 1. The molecule has 0 saturated carbocycles. The van der Waals surface area contributed by atoms with Crippen LogP contribution in [0.2, 0.25) is 5.02 Å². The van der Waals surface area contributed by atoms with E-state index in [4.69, 9.17) is 16.3 Å². The molecule has 1 aliphatic rings. The van der Waals surface area contributed by atoms with Gasteiger partial charge in [-0.15, -0.1) is 0 Å². The van der Waals surface area contributed by atoms with Crippen LogP contribution in [0.4, 0.5) is 0 Å². The van der Waals surface area contributed by atoms with E-state index in [1.54, 1.807) is 33.8 Å². The van der Waals surface area contributed by atoms with E-state index >= 15 is 0 Å². The van der Waals surface area contributed by atoms with Crippen LogP contribution < -0.4 is 10.9 Å². The number of benzene rings is 1. The second-order valence-electron chi connectivity index (χ2n) is 7.77. The van der Waals surface area contributed by atoms with E-state index in [2.05, 4.69) is 10.4 Å². The van der Waals surface area contributed by atoms with Crippen LogP contribution >= 0.6 is 11.6 Å². The highest BCUT2D eigenvalue weighted by Gasteiger charge is 2.39. The van der Waals surface area contributed by atoms with Gasteiger partial charge in [0, 0.05) is 24.7 Å².